The predicted octanol–water partition coefficient (Wildman–Crippen LogP) is 3.75. The van der Waals surface area contributed by atoms with Gasteiger partial charge in [-0.1, -0.05) is 23.7 Å². The Morgan fingerprint density at radius 3 is 2.76 bits per heavy atom. The molecule has 0 saturated heterocycles. The van der Waals surface area contributed by atoms with E-state index in [-0.39, 0.29) is 5.91 Å². The summed E-state index contributed by atoms with van der Waals surface area (Å²) in [5, 5.41) is 2.81. The van der Waals surface area contributed by atoms with Crippen LogP contribution in [0.25, 0.3) is 16.2 Å². The predicted molar refractivity (Wildman–Crippen MR) is 101 cm³/mol. The van der Waals surface area contributed by atoms with Crippen LogP contribution in [0.2, 0.25) is 5.02 Å². The van der Waals surface area contributed by atoms with Crippen LogP contribution >= 0.6 is 22.9 Å². The van der Waals surface area contributed by atoms with Crippen LogP contribution in [0, 0.1) is 0 Å². The Morgan fingerprint density at radius 1 is 1.32 bits per heavy atom. The number of aromatic nitrogens is 2. The van der Waals surface area contributed by atoms with Crippen LogP contribution in [-0.4, -0.2) is 47.0 Å². The average Bonchev–Trinajstić information content (AvgIpc) is 3.16. The Bertz CT molecular complexity index is 857. The molecule has 2 aromatic heterocycles. The number of carbonyl (C=O) groups is 1. The van der Waals surface area contributed by atoms with E-state index in [0.717, 1.165) is 28.3 Å². The number of methoxy groups -OCH3 is 1. The largest absolute Gasteiger partial charge is 0.383 e. The SMILES string of the molecule is COCCN(CCc1csc2nc(-c3ccc(Cl)cc3)cn12)C(C)=O. The highest BCUT2D eigenvalue weighted by atomic mass is 35.5. The van der Waals surface area contributed by atoms with Gasteiger partial charge in [-0.2, -0.15) is 0 Å². The molecule has 3 rings (SSSR count). The maximum atomic E-state index is 11.7. The zero-order valence-electron chi connectivity index (χ0n) is 14.2. The number of imidazole rings is 1. The van der Waals surface area contributed by atoms with Crippen molar-refractivity contribution in [2.75, 3.05) is 26.8 Å². The molecular formula is C18H20ClN3O2S. The quantitative estimate of drug-likeness (QED) is 0.630. The minimum Gasteiger partial charge on any atom is -0.383 e. The number of amides is 1. The van der Waals surface area contributed by atoms with E-state index in [1.165, 1.54) is 0 Å². The van der Waals surface area contributed by atoms with Gasteiger partial charge in [0.2, 0.25) is 5.91 Å². The van der Waals surface area contributed by atoms with Gasteiger partial charge in [-0.05, 0) is 12.1 Å². The number of carbonyl (C=O) groups excluding carboxylic acids is 1. The summed E-state index contributed by atoms with van der Waals surface area (Å²) in [5.41, 5.74) is 3.11. The van der Waals surface area contributed by atoms with Gasteiger partial charge in [-0.15, -0.1) is 11.3 Å². The van der Waals surface area contributed by atoms with Gasteiger partial charge >= 0.3 is 0 Å². The lowest BCUT2D eigenvalue weighted by Gasteiger charge is -2.20. The van der Waals surface area contributed by atoms with Crippen molar-refractivity contribution in [3.8, 4) is 11.3 Å². The Kier molecular flexibility index (Phi) is 5.73. The molecule has 5 nitrogen and oxygen atoms in total. The smallest absolute Gasteiger partial charge is 0.219 e. The molecule has 0 aliphatic heterocycles. The number of ether oxygens (including phenoxy) is 1. The Morgan fingerprint density at radius 2 is 2.08 bits per heavy atom. The number of halogens is 1. The maximum absolute atomic E-state index is 11.7. The molecule has 0 N–H and O–H groups in total. The van der Waals surface area contributed by atoms with Crippen LogP contribution < -0.4 is 0 Å². The summed E-state index contributed by atoms with van der Waals surface area (Å²) in [6.45, 7) is 3.41. The highest BCUT2D eigenvalue weighted by Gasteiger charge is 2.13. The fourth-order valence-electron chi connectivity index (χ4n) is 2.65. The first kappa shape index (κ1) is 17.9. The van der Waals surface area contributed by atoms with Crippen molar-refractivity contribution in [2.24, 2.45) is 0 Å². The van der Waals surface area contributed by atoms with E-state index in [0.29, 0.717) is 24.7 Å². The Balaban J connectivity index is 1.76. The van der Waals surface area contributed by atoms with E-state index < -0.39 is 0 Å². The number of hydrogen-bond donors (Lipinski definition) is 0. The van der Waals surface area contributed by atoms with E-state index in [1.54, 1.807) is 25.4 Å². The zero-order chi connectivity index (χ0) is 17.8. The summed E-state index contributed by atoms with van der Waals surface area (Å²) in [5.74, 6) is 0.0657. The summed E-state index contributed by atoms with van der Waals surface area (Å²) in [4.78, 5) is 19.2. The van der Waals surface area contributed by atoms with Gasteiger partial charge in [0, 0.05) is 61.4 Å². The lowest BCUT2D eigenvalue weighted by molar-refractivity contribution is -0.129. The first-order chi connectivity index (χ1) is 12.1. The Labute approximate surface area is 155 Å². The fraction of sp³-hybridized carbons (Fsp3) is 0.333. The van der Waals surface area contributed by atoms with E-state index in [4.69, 9.17) is 16.3 Å². The molecule has 1 amide bonds. The van der Waals surface area contributed by atoms with Crippen LogP contribution in [-0.2, 0) is 16.0 Å². The van der Waals surface area contributed by atoms with Crippen molar-refractivity contribution in [3.63, 3.8) is 0 Å². The van der Waals surface area contributed by atoms with Crippen molar-refractivity contribution in [2.45, 2.75) is 13.3 Å². The van der Waals surface area contributed by atoms with Crippen LogP contribution in [0.1, 0.15) is 12.6 Å². The molecule has 0 unspecified atom stereocenters. The number of thiazole rings is 1. The average molecular weight is 378 g/mol. The first-order valence-electron chi connectivity index (χ1n) is 8.04. The standard InChI is InChI=1S/C18H20ClN3O2S/c1-13(23)21(9-10-24-2)8-7-16-12-25-18-20-17(11-22(16)18)14-3-5-15(19)6-4-14/h3-6,11-12H,7-10H2,1-2H3. The molecule has 0 spiro atoms. The third-order valence-electron chi connectivity index (χ3n) is 4.07. The fourth-order valence-corrected chi connectivity index (χ4v) is 3.68. The molecular weight excluding hydrogens is 358 g/mol. The van der Waals surface area contributed by atoms with Crippen LogP contribution in [0.15, 0.2) is 35.8 Å². The first-order valence-corrected chi connectivity index (χ1v) is 9.30. The van der Waals surface area contributed by atoms with Gasteiger partial charge < -0.3 is 9.64 Å². The third kappa shape index (κ3) is 4.21. The summed E-state index contributed by atoms with van der Waals surface area (Å²) < 4.78 is 7.17. The molecule has 0 atom stereocenters. The lowest BCUT2D eigenvalue weighted by atomic mass is 10.2. The van der Waals surface area contributed by atoms with Gasteiger partial charge in [0.05, 0.1) is 12.3 Å². The number of rotatable bonds is 7. The maximum Gasteiger partial charge on any atom is 0.219 e. The zero-order valence-corrected chi connectivity index (χ0v) is 15.8. The van der Waals surface area contributed by atoms with E-state index in [9.17, 15) is 4.79 Å². The second kappa shape index (κ2) is 7.99. The second-order valence-electron chi connectivity index (χ2n) is 5.76. The van der Waals surface area contributed by atoms with Crippen molar-refractivity contribution in [1.29, 1.82) is 0 Å². The van der Waals surface area contributed by atoms with Gasteiger partial charge in [-0.25, -0.2) is 4.98 Å². The number of hydrogen-bond acceptors (Lipinski definition) is 4. The highest BCUT2D eigenvalue weighted by molar-refractivity contribution is 7.15. The minimum atomic E-state index is 0.0657. The molecule has 7 heteroatoms. The van der Waals surface area contributed by atoms with Crippen LogP contribution in [0.5, 0.6) is 0 Å². The number of benzene rings is 1. The molecule has 1 aromatic carbocycles. The molecule has 0 aliphatic rings. The third-order valence-corrected chi connectivity index (χ3v) is 5.21. The summed E-state index contributed by atoms with van der Waals surface area (Å²) in [7, 11) is 1.64. The minimum absolute atomic E-state index is 0.0657. The van der Waals surface area contributed by atoms with Gasteiger partial charge in [0.25, 0.3) is 0 Å². The molecule has 0 saturated carbocycles. The molecule has 0 aliphatic carbocycles. The van der Waals surface area contributed by atoms with Crippen molar-refractivity contribution in [1.82, 2.24) is 14.3 Å². The molecule has 25 heavy (non-hydrogen) atoms. The van der Waals surface area contributed by atoms with Crippen LogP contribution in [0.4, 0.5) is 0 Å². The molecule has 0 fully saturated rings. The van der Waals surface area contributed by atoms with Crippen molar-refractivity contribution in [3.05, 3.63) is 46.6 Å². The molecule has 0 radical (unpaired) electrons. The molecule has 3 aromatic rings. The monoisotopic (exact) mass is 377 g/mol. The van der Waals surface area contributed by atoms with E-state index in [1.807, 2.05) is 35.4 Å². The molecule has 132 valence electrons. The lowest BCUT2D eigenvalue weighted by Crippen LogP contribution is -2.33. The molecule has 0 bridgehead atoms. The second-order valence-corrected chi connectivity index (χ2v) is 7.03. The molecule has 2 heterocycles. The van der Waals surface area contributed by atoms with Gasteiger partial charge in [0.1, 0.15) is 0 Å². The van der Waals surface area contributed by atoms with Crippen molar-refractivity contribution >= 4 is 33.8 Å². The number of nitrogens with zero attached hydrogens (tertiary/aromatic N) is 3. The van der Waals surface area contributed by atoms with E-state index >= 15 is 0 Å². The van der Waals surface area contributed by atoms with Crippen molar-refractivity contribution < 1.29 is 9.53 Å². The number of fused-ring (bicyclic) bond motifs is 1. The van der Waals surface area contributed by atoms with Gasteiger partial charge in [0.15, 0.2) is 4.96 Å². The summed E-state index contributed by atoms with van der Waals surface area (Å²) in [6, 6.07) is 7.67. The normalized spacial score (nSPS) is 11.2. The highest BCUT2D eigenvalue weighted by Crippen LogP contribution is 2.25. The summed E-state index contributed by atoms with van der Waals surface area (Å²) in [6.07, 6.45) is 2.82. The summed E-state index contributed by atoms with van der Waals surface area (Å²) >= 11 is 7.56. The topological polar surface area (TPSA) is 46.8 Å². The van der Waals surface area contributed by atoms with E-state index in [2.05, 4.69) is 14.8 Å². The van der Waals surface area contributed by atoms with Crippen LogP contribution in [0.3, 0.4) is 0 Å². The van der Waals surface area contributed by atoms with Gasteiger partial charge in [-0.3, -0.25) is 9.20 Å². The Hall–Kier alpha value is -1.89.